The maximum absolute atomic E-state index is 7.07. The largest absolute Gasteiger partial charge is 0.497 e. The van der Waals surface area contributed by atoms with Crippen molar-refractivity contribution in [2.24, 2.45) is 0 Å². The fraction of sp³-hybridized carbons (Fsp3) is 0.310. The van der Waals surface area contributed by atoms with Gasteiger partial charge < -0.3 is 19.9 Å². The van der Waals surface area contributed by atoms with Gasteiger partial charge in [0.1, 0.15) is 5.75 Å². The van der Waals surface area contributed by atoms with E-state index in [1.807, 2.05) is 36.5 Å². The summed E-state index contributed by atoms with van der Waals surface area (Å²) in [4.78, 5) is 9.18. The highest BCUT2D eigenvalue weighted by molar-refractivity contribution is 7.80. The molecule has 1 saturated heterocycles. The number of rotatable bonds is 5. The molecule has 1 aromatic heterocycles. The summed E-state index contributed by atoms with van der Waals surface area (Å²) < 4.78 is 5.34. The minimum Gasteiger partial charge on any atom is -0.497 e. The van der Waals surface area contributed by atoms with Crippen molar-refractivity contribution in [1.82, 2.24) is 15.2 Å². The zero-order chi connectivity index (χ0) is 25.6. The number of nitrogens with zero attached hydrogens (tertiary/aromatic N) is 3. The molecule has 2 atom stereocenters. The number of nitrogens with one attached hydrogen (secondary N) is 1. The third kappa shape index (κ3) is 4.33. The molecule has 0 aliphatic carbocycles. The number of pyridine rings is 1. The quantitative estimate of drug-likeness (QED) is 0.386. The van der Waals surface area contributed by atoms with Crippen molar-refractivity contribution in [3.63, 3.8) is 0 Å². The van der Waals surface area contributed by atoms with Gasteiger partial charge in [-0.05, 0) is 86.1 Å². The van der Waals surface area contributed by atoms with Crippen LogP contribution in [-0.4, -0.2) is 34.7 Å². The molecule has 1 N–H and O–H groups in total. The molecule has 3 aromatic rings. The lowest BCUT2D eigenvalue weighted by Gasteiger charge is -2.41. The lowest BCUT2D eigenvalue weighted by Crippen LogP contribution is -2.42. The number of fused-ring (bicyclic) bond motifs is 1. The van der Waals surface area contributed by atoms with E-state index in [9.17, 15) is 0 Å². The van der Waals surface area contributed by atoms with E-state index in [1.54, 1.807) is 7.11 Å². The molecular weight excluding hydrogens is 488 g/mol. The molecule has 186 valence electrons. The summed E-state index contributed by atoms with van der Waals surface area (Å²) in [5, 5.41) is 4.95. The van der Waals surface area contributed by atoms with Crippen LogP contribution in [0.1, 0.15) is 55.2 Å². The summed E-state index contributed by atoms with van der Waals surface area (Å²) in [6.45, 7) is 7.25. The van der Waals surface area contributed by atoms with Crippen molar-refractivity contribution >= 4 is 40.2 Å². The van der Waals surface area contributed by atoms with Crippen LogP contribution in [0.25, 0.3) is 5.57 Å². The first-order valence-corrected chi connectivity index (χ1v) is 12.9. The third-order valence-corrected chi connectivity index (χ3v) is 8.04. The Labute approximate surface area is 223 Å². The molecule has 7 heteroatoms. The Morgan fingerprint density at radius 1 is 1.14 bits per heavy atom. The van der Waals surface area contributed by atoms with Crippen LogP contribution in [0.3, 0.4) is 0 Å². The summed E-state index contributed by atoms with van der Waals surface area (Å²) in [5.74, 6) is 0.829. The third-order valence-electron chi connectivity index (χ3n) is 7.36. The maximum atomic E-state index is 7.07. The number of halogens is 1. The molecule has 5 nitrogen and oxygen atoms in total. The number of likely N-dealkylation sites (N-methyl/N-ethyl adjacent to an activating group) is 1. The average molecular weight is 519 g/mol. The highest BCUT2D eigenvalue weighted by atomic mass is 35.5. The summed E-state index contributed by atoms with van der Waals surface area (Å²) in [5.41, 5.74) is 6.59. The standard InChI is InChI=1S/C29H31ClN4OS/c1-18-16-29(2,3)33(4)25-15-23(30)22(14-21(18)25)27-26(24-8-6-7-13-31-24)32-28(36)34(27)17-19-9-11-20(35-5)12-10-19/h6-16,26-27H,17H2,1-5H3,(H,32,36)/t26-,27+/m0/s1. The topological polar surface area (TPSA) is 40.6 Å². The van der Waals surface area contributed by atoms with Crippen molar-refractivity contribution in [1.29, 1.82) is 0 Å². The van der Waals surface area contributed by atoms with Crippen LogP contribution >= 0.6 is 23.8 Å². The Morgan fingerprint density at radius 2 is 1.89 bits per heavy atom. The zero-order valence-corrected chi connectivity index (χ0v) is 22.8. The summed E-state index contributed by atoms with van der Waals surface area (Å²) in [7, 11) is 3.80. The first-order valence-electron chi connectivity index (χ1n) is 12.1. The normalized spacial score (nSPS) is 20.6. The van der Waals surface area contributed by atoms with Crippen LogP contribution in [0, 0.1) is 0 Å². The number of ether oxygens (including phenoxy) is 1. The maximum Gasteiger partial charge on any atom is 0.170 e. The number of hydrogen-bond acceptors (Lipinski definition) is 4. The van der Waals surface area contributed by atoms with Crippen molar-refractivity contribution in [3.8, 4) is 5.75 Å². The number of hydrogen-bond donors (Lipinski definition) is 1. The van der Waals surface area contributed by atoms with Crippen molar-refractivity contribution < 1.29 is 4.74 Å². The first kappa shape index (κ1) is 24.6. The number of aromatic nitrogens is 1. The Kier molecular flexibility index (Phi) is 6.43. The van der Waals surface area contributed by atoms with Crippen LogP contribution in [0.5, 0.6) is 5.75 Å². The second kappa shape index (κ2) is 9.41. The molecule has 3 heterocycles. The molecule has 5 rings (SSSR count). The second-order valence-corrected chi connectivity index (χ2v) is 10.8. The number of methoxy groups -OCH3 is 1. The molecule has 1 fully saturated rings. The molecule has 36 heavy (non-hydrogen) atoms. The summed E-state index contributed by atoms with van der Waals surface area (Å²) in [6.07, 6.45) is 4.14. The molecule has 2 aliphatic heterocycles. The van der Waals surface area contributed by atoms with Gasteiger partial charge in [0.25, 0.3) is 0 Å². The van der Waals surface area contributed by atoms with E-state index < -0.39 is 0 Å². The number of benzene rings is 2. The van der Waals surface area contributed by atoms with Crippen LogP contribution in [0.15, 0.2) is 66.9 Å². The van der Waals surface area contributed by atoms with Crippen LogP contribution < -0.4 is 15.0 Å². The highest BCUT2D eigenvalue weighted by Gasteiger charge is 2.41. The Balaban J connectivity index is 1.62. The van der Waals surface area contributed by atoms with E-state index in [0.717, 1.165) is 33.3 Å². The Bertz CT molecular complexity index is 1320. The Hall–Kier alpha value is -3.09. The minimum absolute atomic E-state index is 0.0880. The van der Waals surface area contributed by atoms with E-state index >= 15 is 0 Å². The van der Waals surface area contributed by atoms with Gasteiger partial charge in [0.2, 0.25) is 0 Å². The van der Waals surface area contributed by atoms with Gasteiger partial charge in [-0.3, -0.25) is 4.98 Å². The first-order chi connectivity index (χ1) is 17.2. The molecule has 0 amide bonds. The molecule has 0 bridgehead atoms. The Morgan fingerprint density at radius 3 is 2.56 bits per heavy atom. The van der Waals surface area contributed by atoms with Gasteiger partial charge in [-0.15, -0.1) is 0 Å². The lowest BCUT2D eigenvalue weighted by molar-refractivity contribution is 0.311. The van der Waals surface area contributed by atoms with Gasteiger partial charge in [-0.2, -0.15) is 0 Å². The van der Waals surface area contributed by atoms with Crippen LogP contribution in [0.4, 0.5) is 5.69 Å². The van der Waals surface area contributed by atoms with Crippen molar-refractivity contribution in [2.45, 2.75) is 44.9 Å². The van der Waals surface area contributed by atoms with E-state index in [4.69, 9.17) is 28.6 Å². The van der Waals surface area contributed by atoms with Gasteiger partial charge in [-0.25, -0.2) is 0 Å². The van der Waals surface area contributed by atoms with Crippen molar-refractivity contribution in [3.05, 3.63) is 94.3 Å². The van der Waals surface area contributed by atoms with E-state index in [-0.39, 0.29) is 17.6 Å². The van der Waals surface area contributed by atoms with Crippen molar-refractivity contribution in [2.75, 3.05) is 19.1 Å². The monoisotopic (exact) mass is 518 g/mol. The van der Waals surface area contributed by atoms with E-state index in [2.05, 4.69) is 78.3 Å². The minimum atomic E-state index is -0.130. The molecule has 0 radical (unpaired) electrons. The fourth-order valence-electron chi connectivity index (χ4n) is 5.26. The van der Waals surface area contributed by atoms with E-state index in [0.29, 0.717) is 11.7 Å². The SMILES string of the molecule is COc1ccc(CN2C(=S)N[C@@H](c3ccccn3)[C@H]2c2cc3c(cc2Cl)N(C)C(C)(C)C=C3C)cc1. The molecular formula is C29H31ClN4OS. The smallest absolute Gasteiger partial charge is 0.170 e. The van der Waals surface area contributed by atoms with Gasteiger partial charge in [-0.1, -0.05) is 35.9 Å². The van der Waals surface area contributed by atoms with Crippen LogP contribution in [0.2, 0.25) is 5.02 Å². The highest BCUT2D eigenvalue weighted by Crippen LogP contribution is 2.47. The van der Waals surface area contributed by atoms with Gasteiger partial charge in [0.05, 0.1) is 30.4 Å². The molecule has 0 spiro atoms. The summed E-state index contributed by atoms with van der Waals surface area (Å²) >= 11 is 13.0. The van der Waals surface area contributed by atoms with Gasteiger partial charge >= 0.3 is 0 Å². The number of thiocarbonyl (C=S) groups is 1. The molecule has 0 unspecified atom stereocenters. The predicted molar refractivity (Wildman–Crippen MR) is 152 cm³/mol. The predicted octanol–water partition coefficient (Wildman–Crippen LogP) is 6.55. The molecule has 0 saturated carbocycles. The second-order valence-electron chi connectivity index (χ2n) is 10.0. The van der Waals surface area contributed by atoms with Gasteiger partial charge in [0, 0.05) is 36.1 Å². The van der Waals surface area contributed by atoms with Gasteiger partial charge in [0.15, 0.2) is 5.11 Å². The summed E-state index contributed by atoms with van der Waals surface area (Å²) in [6, 6.07) is 18.2. The number of allylic oxidation sites excluding steroid dienone is 1. The van der Waals surface area contributed by atoms with E-state index in [1.165, 1.54) is 11.1 Å². The zero-order valence-electron chi connectivity index (χ0n) is 21.2. The molecule has 2 aromatic carbocycles. The average Bonchev–Trinajstić information content (AvgIpc) is 3.18. The molecule has 2 aliphatic rings. The fourth-order valence-corrected chi connectivity index (χ4v) is 5.83. The number of anilines is 1. The van der Waals surface area contributed by atoms with Crippen LogP contribution in [-0.2, 0) is 6.54 Å². The lowest BCUT2D eigenvalue weighted by atomic mass is 9.86.